The number of hydrogen-bond acceptors (Lipinski definition) is 4. The lowest BCUT2D eigenvalue weighted by Crippen LogP contribution is -2.35. The van der Waals surface area contributed by atoms with Gasteiger partial charge in [0.2, 0.25) is 17.7 Å². The van der Waals surface area contributed by atoms with Crippen LogP contribution in [0.25, 0.3) is 11.3 Å². The molecule has 0 spiro atoms. The van der Waals surface area contributed by atoms with Crippen LogP contribution in [0.4, 0.5) is 17.2 Å². The van der Waals surface area contributed by atoms with Gasteiger partial charge in [0.25, 0.3) is 0 Å². The fraction of sp³-hybridized carbons (Fsp3) is 0.182. The van der Waals surface area contributed by atoms with Crippen LogP contribution in [-0.4, -0.2) is 27.5 Å². The van der Waals surface area contributed by atoms with E-state index in [1.165, 1.54) is 6.92 Å². The lowest BCUT2D eigenvalue weighted by molar-refractivity contribution is -0.125. The number of nitrogens with one attached hydrogen (secondary N) is 3. The van der Waals surface area contributed by atoms with Gasteiger partial charge in [0.15, 0.2) is 0 Å². The monoisotopic (exact) mass is 403 g/mol. The van der Waals surface area contributed by atoms with Crippen LogP contribution in [0.2, 0.25) is 0 Å². The highest BCUT2D eigenvalue weighted by Gasteiger charge is 2.34. The largest absolute Gasteiger partial charge is 0.326 e. The summed E-state index contributed by atoms with van der Waals surface area (Å²) in [5, 5.41) is 13.0. The number of carbonyl (C=O) groups is 3. The summed E-state index contributed by atoms with van der Waals surface area (Å²) in [5.41, 5.74) is 3.65. The van der Waals surface area contributed by atoms with Crippen LogP contribution in [0.15, 0.2) is 54.6 Å². The van der Waals surface area contributed by atoms with Crippen molar-refractivity contribution in [2.45, 2.75) is 26.3 Å². The first kappa shape index (κ1) is 19.4. The molecule has 0 unspecified atom stereocenters. The zero-order valence-corrected chi connectivity index (χ0v) is 16.6. The van der Waals surface area contributed by atoms with Gasteiger partial charge in [0.1, 0.15) is 11.9 Å². The summed E-state index contributed by atoms with van der Waals surface area (Å²) in [6.45, 7) is 3.31. The molecule has 1 aromatic heterocycles. The summed E-state index contributed by atoms with van der Waals surface area (Å²) < 4.78 is 1.58. The predicted octanol–water partition coefficient (Wildman–Crippen LogP) is 3.34. The van der Waals surface area contributed by atoms with Crippen molar-refractivity contribution in [1.29, 1.82) is 0 Å². The van der Waals surface area contributed by atoms with E-state index in [4.69, 9.17) is 0 Å². The van der Waals surface area contributed by atoms with E-state index in [2.05, 4.69) is 21.0 Å². The number of rotatable bonds is 4. The van der Waals surface area contributed by atoms with Gasteiger partial charge in [-0.3, -0.25) is 14.4 Å². The molecule has 0 aliphatic carbocycles. The molecule has 3 amide bonds. The molecule has 0 bridgehead atoms. The number of nitrogens with zero attached hydrogens (tertiary/aromatic N) is 2. The SMILES string of the molecule is CC(=O)Nc1ccc(NC(=O)[C@H]2CC(=O)Nc3c(C)c(-c4ccccc4)nn32)cc1. The molecule has 4 rings (SSSR count). The third-order valence-electron chi connectivity index (χ3n) is 4.90. The molecule has 0 saturated carbocycles. The van der Waals surface area contributed by atoms with Gasteiger partial charge in [-0.05, 0) is 31.2 Å². The van der Waals surface area contributed by atoms with E-state index in [0.717, 1.165) is 16.8 Å². The Bertz CT molecular complexity index is 1120. The number of hydrogen-bond donors (Lipinski definition) is 3. The molecule has 2 aromatic carbocycles. The van der Waals surface area contributed by atoms with Crippen LogP contribution in [0, 0.1) is 6.92 Å². The number of amides is 3. The molecule has 3 aromatic rings. The zero-order chi connectivity index (χ0) is 21.3. The highest BCUT2D eigenvalue weighted by Crippen LogP contribution is 2.34. The molecule has 0 radical (unpaired) electrons. The number of aromatic nitrogens is 2. The van der Waals surface area contributed by atoms with Crippen molar-refractivity contribution in [2.75, 3.05) is 16.0 Å². The van der Waals surface area contributed by atoms with Crippen molar-refractivity contribution < 1.29 is 14.4 Å². The Balaban J connectivity index is 1.60. The summed E-state index contributed by atoms with van der Waals surface area (Å²) in [7, 11) is 0. The Morgan fingerprint density at radius 2 is 1.67 bits per heavy atom. The van der Waals surface area contributed by atoms with Crippen LogP contribution in [-0.2, 0) is 14.4 Å². The highest BCUT2D eigenvalue weighted by atomic mass is 16.2. The fourth-order valence-corrected chi connectivity index (χ4v) is 3.48. The second-order valence-electron chi connectivity index (χ2n) is 7.15. The number of fused-ring (bicyclic) bond motifs is 1. The van der Waals surface area contributed by atoms with Gasteiger partial charge in [0.05, 0.1) is 12.1 Å². The maximum absolute atomic E-state index is 13.0. The Labute approximate surface area is 173 Å². The lowest BCUT2D eigenvalue weighted by Gasteiger charge is -2.24. The topological polar surface area (TPSA) is 105 Å². The maximum atomic E-state index is 13.0. The Kier molecular flexibility index (Phi) is 5.05. The van der Waals surface area contributed by atoms with Crippen molar-refractivity contribution >= 4 is 34.9 Å². The number of benzene rings is 2. The molecule has 0 fully saturated rings. The van der Waals surface area contributed by atoms with Crippen LogP contribution in [0.1, 0.15) is 24.9 Å². The van der Waals surface area contributed by atoms with Gasteiger partial charge in [-0.1, -0.05) is 30.3 Å². The van der Waals surface area contributed by atoms with Gasteiger partial charge in [-0.15, -0.1) is 0 Å². The van der Waals surface area contributed by atoms with Gasteiger partial charge < -0.3 is 16.0 Å². The predicted molar refractivity (Wildman–Crippen MR) is 114 cm³/mol. The molecule has 1 aliphatic rings. The molecule has 3 N–H and O–H groups in total. The van der Waals surface area contributed by atoms with Crippen LogP contribution < -0.4 is 16.0 Å². The first-order chi connectivity index (χ1) is 14.4. The van der Waals surface area contributed by atoms with Gasteiger partial charge >= 0.3 is 0 Å². The van der Waals surface area contributed by atoms with Crippen LogP contribution >= 0.6 is 0 Å². The van der Waals surface area contributed by atoms with E-state index in [1.54, 1.807) is 28.9 Å². The van der Waals surface area contributed by atoms with E-state index in [0.29, 0.717) is 17.2 Å². The van der Waals surface area contributed by atoms with Crippen LogP contribution in [0.5, 0.6) is 0 Å². The van der Waals surface area contributed by atoms with Crippen molar-refractivity contribution in [3.05, 3.63) is 60.2 Å². The average Bonchev–Trinajstić information content (AvgIpc) is 3.05. The maximum Gasteiger partial charge on any atom is 0.249 e. The molecule has 152 valence electrons. The molecular formula is C22H21N5O3. The first-order valence-electron chi connectivity index (χ1n) is 9.55. The summed E-state index contributed by atoms with van der Waals surface area (Å²) >= 11 is 0. The molecule has 30 heavy (non-hydrogen) atoms. The van der Waals surface area contributed by atoms with Crippen molar-refractivity contribution in [3.63, 3.8) is 0 Å². The third-order valence-corrected chi connectivity index (χ3v) is 4.90. The second-order valence-corrected chi connectivity index (χ2v) is 7.15. The fourth-order valence-electron chi connectivity index (χ4n) is 3.48. The van der Waals surface area contributed by atoms with E-state index < -0.39 is 6.04 Å². The molecule has 2 heterocycles. The Morgan fingerprint density at radius 3 is 2.30 bits per heavy atom. The average molecular weight is 403 g/mol. The number of anilines is 3. The van der Waals surface area contributed by atoms with Gasteiger partial charge in [-0.2, -0.15) is 5.10 Å². The minimum atomic E-state index is -0.764. The van der Waals surface area contributed by atoms with Gasteiger partial charge in [-0.25, -0.2) is 4.68 Å². The first-order valence-corrected chi connectivity index (χ1v) is 9.55. The van der Waals surface area contributed by atoms with Gasteiger partial charge in [0, 0.05) is 29.4 Å². The Hall–Kier alpha value is -3.94. The minimum Gasteiger partial charge on any atom is -0.326 e. The quantitative estimate of drug-likeness (QED) is 0.621. The minimum absolute atomic E-state index is 0.00183. The highest BCUT2D eigenvalue weighted by molar-refractivity contribution is 6.02. The Morgan fingerprint density at radius 1 is 1.03 bits per heavy atom. The van der Waals surface area contributed by atoms with E-state index in [-0.39, 0.29) is 24.1 Å². The molecule has 1 atom stereocenters. The number of carbonyl (C=O) groups excluding carboxylic acids is 3. The molecule has 0 saturated heterocycles. The summed E-state index contributed by atoms with van der Waals surface area (Å²) in [4.78, 5) is 36.4. The van der Waals surface area contributed by atoms with Crippen molar-refractivity contribution in [3.8, 4) is 11.3 Å². The molecule has 8 nitrogen and oxygen atoms in total. The molecule has 8 heteroatoms. The summed E-state index contributed by atoms with van der Waals surface area (Å²) in [6, 6.07) is 15.6. The van der Waals surface area contributed by atoms with E-state index in [9.17, 15) is 14.4 Å². The molecule has 1 aliphatic heterocycles. The zero-order valence-electron chi connectivity index (χ0n) is 16.6. The van der Waals surface area contributed by atoms with Crippen molar-refractivity contribution in [2.24, 2.45) is 0 Å². The third kappa shape index (κ3) is 3.80. The van der Waals surface area contributed by atoms with E-state index in [1.807, 2.05) is 37.3 Å². The van der Waals surface area contributed by atoms with Crippen LogP contribution in [0.3, 0.4) is 0 Å². The lowest BCUT2D eigenvalue weighted by atomic mass is 10.1. The van der Waals surface area contributed by atoms with Crippen molar-refractivity contribution in [1.82, 2.24) is 9.78 Å². The second kappa shape index (κ2) is 7.82. The summed E-state index contributed by atoms with van der Waals surface area (Å²) in [5.74, 6) is -0.200. The summed E-state index contributed by atoms with van der Waals surface area (Å²) in [6.07, 6.45) is -0.00183. The standard InChI is InChI=1S/C22H21N5O3/c1-13-20(15-6-4-3-5-7-15)26-27-18(12-19(29)25-21(13)27)22(30)24-17-10-8-16(9-11-17)23-14(2)28/h3-11,18H,12H2,1-2H3,(H,23,28)(H,24,30)(H,25,29)/t18-/m1/s1. The normalized spacial score (nSPS) is 15.1. The smallest absolute Gasteiger partial charge is 0.249 e. The van der Waals surface area contributed by atoms with E-state index >= 15 is 0 Å². The molecular weight excluding hydrogens is 382 g/mol.